The third-order valence-electron chi connectivity index (χ3n) is 3.94. The maximum Gasteiger partial charge on any atom is 0.240 e. The predicted octanol–water partition coefficient (Wildman–Crippen LogP) is 1.76. The smallest absolute Gasteiger partial charge is 0.240 e. The van der Waals surface area contributed by atoms with Crippen LogP contribution in [0.25, 0.3) is 0 Å². The highest BCUT2D eigenvalue weighted by Gasteiger charge is 2.41. The Balaban J connectivity index is 1.94. The number of hydrogen-bond donors (Lipinski definition) is 1. The van der Waals surface area contributed by atoms with Crippen LogP contribution in [-0.4, -0.2) is 25.2 Å². The summed E-state index contributed by atoms with van der Waals surface area (Å²) < 4.78 is 5.24. The second-order valence-electron chi connectivity index (χ2n) is 5.11. The van der Waals surface area contributed by atoms with E-state index in [2.05, 4.69) is 11.4 Å². The Bertz CT molecular complexity index is 310. The summed E-state index contributed by atoms with van der Waals surface area (Å²) in [6.07, 6.45) is 6.82. The Morgan fingerprint density at radius 3 is 2.47 bits per heavy atom. The third kappa shape index (κ3) is 2.78. The van der Waals surface area contributed by atoms with Crippen LogP contribution in [-0.2, 0) is 9.53 Å². The fraction of sp³-hybridized carbons (Fsp3) is 0.846. The zero-order valence-electron chi connectivity index (χ0n) is 10.2. The SMILES string of the molecule is N#CC1(C(=O)NC2CCCCC2)CCOCC1. The zero-order chi connectivity index (χ0) is 12.1. The van der Waals surface area contributed by atoms with Crippen LogP contribution in [0, 0.1) is 16.7 Å². The number of ether oxygens (including phenoxy) is 1. The molecule has 1 aliphatic heterocycles. The van der Waals surface area contributed by atoms with Gasteiger partial charge in [-0.15, -0.1) is 0 Å². The van der Waals surface area contributed by atoms with Gasteiger partial charge in [0.1, 0.15) is 5.41 Å². The predicted molar refractivity (Wildman–Crippen MR) is 63.1 cm³/mol. The van der Waals surface area contributed by atoms with Gasteiger partial charge in [-0.25, -0.2) is 0 Å². The molecule has 2 rings (SSSR count). The van der Waals surface area contributed by atoms with E-state index in [9.17, 15) is 10.1 Å². The van der Waals surface area contributed by atoms with Gasteiger partial charge in [-0.3, -0.25) is 4.79 Å². The van der Waals surface area contributed by atoms with E-state index >= 15 is 0 Å². The van der Waals surface area contributed by atoms with Gasteiger partial charge in [0.2, 0.25) is 5.91 Å². The van der Waals surface area contributed by atoms with Crippen molar-refractivity contribution in [3.63, 3.8) is 0 Å². The van der Waals surface area contributed by atoms with Gasteiger partial charge in [-0.05, 0) is 25.7 Å². The van der Waals surface area contributed by atoms with Crippen LogP contribution in [0.5, 0.6) is 0 Å². The van der Waals surface area contributed by atoms with Gasteiger partial charge < -0.3 is 10.1 Å². The van der Waals surface area contributed by atoms with Gasteiger partial charge >= 0.3 is 0 Å². The molecular weight excluding hydrogens is 216 g/mol. The molecule has 4 heteroatoms. The number of rotatable bonds is 2. The Labute approximate surface area is 102 Å². The van der Waals surface area contributed by atoms with Gasteiger partial charge in [-0.1, -0.05) is 19.3 Å². The normalized spacial score (nSPS) is 24.9. The summed E-state index contributed by atoms with van der Waals surface area (Å²) in [5, 5.41) is 12.3. The number of carbonyl (C=O) groups excluding carboxylic acids is 1. The van der Waals surface area contributed by atoms with Crippen molar-refractivity contribution in [3.8, 4) is 6.07 Å². The molecule has 0 radical (unpaired) electrons. The molecule has 2 aliphatic rings. The van der Waals surface area contributed by atoms with Crippen LogP contribution < -0.4 is 5.32 Å². The molecule has 0 bridgehead atoms. The fourth-order valence-electron chi connectivity index (χ4n) is 2.68. The highest BCUT2D eigenvalue weighted by Crippen LogP contribution is 2.30. The summed E-state index contributed by atoms with van der Waals surface area (Å²) in [5.41, 5.74) is -0.838. The lowest BCUT2D eigenvalue weighted by molar-refractivity contribution is -0.133. The van der Waals surface area contributed by atoms with E-state index in [-0.39, 0.29) is 11.9 Å². The number of amides is 1. The van der Waals surface area contributed by atoms with Crippen LogP contribution in [0.2, 0.25) is 0 Å². The molecule has 0 unspecified atom stereocenters. The quantitative estimate of drug-likeness (QED) is 0.794. The number of hydrogen-bond acceptors (Lipinski definition) is 3. The van der Waals surface area contributed by atoms with Crippen LogP contribution in [0.4, 0.5) is 0 Å². The summed E-state index contributed by atoms with van der Waals surface area (Å²) in [4.78, 5) is 12.2. The molecule has 4 nitrogen and oxygen atoms in total. The Morgan fingerprint density at radius 2 is 1.88 bits per heavy atom. The summed E-state index contributed by atoms with van der Waals surface area (Å²) in [6.45, 7) is 1.04. The van der Waals surface area contributed by atoms with E-state index in [1.807, 2.05) is 0 Å². The van der Waals surface area contributed by atoms with Gasteiger partial charge in [0.25, 0.3) is 0 Å². The Hall–Kier alpha value is -1.08. The van der Waals surface area contributed by atoms with Gasteiger partial charge in [0, 0.05) is 19.3 Å². The molecule has 1 amide bonds. The standard InChI is InChI=1S/C13H20N2O2/c14-10-13(6-8-17-9-7-13)12(16)15-11-4-2-1-3-5-11/h11H,1-9H2,(H,15,16). The molecule has 0 aromatic rings. The Kier molecular flexibility index (Phi) is 4.01. The van der Waals surface area contributed by atoms with Crippen molar-refractivity contribution in [1.82, 2.24) is 5.32 Å². The maximum atomic E-state index is 12.2. The second-order valence-corrected chi connectivity index (χ2v) is 5.11. The first-order valence-electron chi connectivity index (χ1n) is 6.57. The van der Waals surface area contributed by atoms with E-state index < -0.39 is 5.41 Å². The van der Waals surface area contributed by atoms with Crippen LogP contribution in [0.15, 0.2) is 0 Å². The van der Waals surface area contributed by atoms with Crippen LogP contribution >= 0.6 is 0 Å². The molecule has 0 spiro atoms. The molecular formula is C13H20N2O2. The van der Waals surface area contributed by atoms with Gasteiger partial charge in [0.15, 0.2) is 0 Å². The molecule has 1 N–H and O–H groups in total. The summed E-state index contributed by atoms with van der Waals surface area (Å²) in [5.74, 6) is -0.0739. The Morgan fingerprint density at radius 1 is 1.24 bits per heavy atom. The highest BCUT2D eigenvalue weighted by molar-refractivity contribution is 5.85. The molecule has 1 aliphatic carbocycles. The van der Waals surface area contributed by atoms with Crippen LogP contribution in [0.1, 0.15) is 44.9 Å². The molecule has 0 aromatic carbocycles. The molecule has 1 heterocycles. The first-order valence-corrected chi connectivity index (χ1v) is 6.57. The second kappa shape index (κ2) is 5.50. The summed E-state index contributed by atoms with van der Waals surface area (Å²) in [7, 11) is 0. The monoisotopic (exact) mass is 236 g/mol. The first-order chi connectivity index (χ1) is 8.27. The van der Waals surface area contributed by atoms with E-state index in [1.165, 1.54) is 19.3 Å². The first kappa shape index (κ1) is 12.4. The van der Waals surface area contributed by atoms with E-state index in [4.69, 9.17) is 4.74 Å². The molecule has 1 saturated heterocycles. The molecule has 94 valence electrons. The van der Waals surface area contributed by atoms with Gasteiger partial charge in [-0.2, -0.15) is 5.26 Å². The van der Waals surface area contributed by atoms with E-state index in [0.29, 0.717) is 26.1 Å². The van der Waals surface area contributed by atoms with Crippen molar-refractivity contribution in [3.05, 3.63) is 0 Å². The van der Waals surface area contributed by atoms with Crippen molar-refractivity contribution in [2.24, 2.45) is 5.41 Å². The van der Waals surface area contributed by atoms with Gasteiger partial charge in [0.05, 0.1) is 6.07 Å². The molecule has 1 saturated carbocycles. The number of nitriles is 1. The molecule has 0 atom stereocenters. The maximum absolute atomic E-state index is 12.2. The topological polar surface area (TPSA) is 62.1 Å². The molecule has 0 aromatic heterocycles. The largest absolute Gasteiger partial charge is 0.381 e. The van der Waals surface area contributed by atoms with Crippen molar-refractivity contribution in [2.75, 3.05) is 13.2 Å². The molecule has 2 fully saturated rings. The summed E-state index contributed by atoms with van der Waals surface area (Å²) >= 11 is 0. The van der Waals surface area contributed by atoms with Crippen molar-refractivity contribution < 1.29 is 9.53 Å². The lowest BCUT2D eigenvalue weighted by Crippen LogP contribution is -2.48. The average molecular weight is 236 g/mol. The summed E-state index contributed by atoms with van der Waals surface area (Å²) in [6, 6.07) is 2.50. The number of nitrogens with zero attached hydrogens (tertiary/aromatic N) is 1. The minimum Gasteiger partial charge on any atom is -0.381 e. The molecule has 17 heavy (non-hydrogen) atoms. The zero-order valence-corrected chi connectivity index (χ0v) is 10.2. The fourth-order valence-corrected chi connectivity index (χ4v) is 2.68. The lowest BCUT2D eigenvalue weighted by atomic mass is 9.80. The number of carbonyl (C=O) groups is 1. The highest BCUT2D eigenvalue weighted by atomic mass is 16.5. The van der Waals surface area contributed by atoms with E-state index in [0.717, 1.165) is 12.8 Å². The van der Waals surface area contributed by atoms with Crippen molar-refractivity contribution in [2.45, 2.75) is 51.0 Å². The van der Waals surface area contributed by atoms with Crippen molar-refractivity contribution >= 4 is 5.91 Å². The third-order valence-corrected chi connectivity index (χ3v) is 3.94. The lowest BCUT2D eigenvalue weighted by Gasteiger charge is -2.32. The average Bonchev–Trinajstić information content (AvgIpc) is 2.40. The van der Waals surface area contributed by atoms with Crippen LogP contribution in [0.3, 0.4) is 0 Å². The number of nitrogens with one attached hydrogen (secondary N) is 1. The van der Waals surface area contributed by atoms with E-state index in [1.54, 1.807) is 0 Å². The minimum atomic E-state index is -0.838. The van der Waals surface area contributed by atoms with Crippen molar-refractivity contribution in [1.29, 1.82) is 5.26 Å². The minimum absolute atomic E-state index is 0.0739.